The number of urea groups is 1. The molecule has 0 aliphatic carbocycles. The van der Waals surface area contributed by atoms with E-state index >= 15 is 0 Å². The van der Waals surface area contributed by atoms with Gasteiger partial charge in [-0.05, 0) is 77.5 Å². The van der Waals surface area contributed by atoms with E-state index in [1.54, 1.807) is 24.3 Å². The van der Waals surface area contributed by atoms with Crippen LogP contribution in [0.2, 0.25) is 0 Å². The fourth-order valence-corrected chi connectivity index (χ4v) is 8.38. The number of ether oxygens (including phenoxy) is 1. The first-order valence-electron chi connectivity index (χ1n) is 17.3. The van der Waals surface area contributed by atoms with Crippen molar-refractivity contribution in [2.75, 3.05) is 17.7 Å². The van der Waals surface area contributed by atoms with Gasteiger partial charge in [-0.1, -0.05) is 42.5 Å². The molecule has 0 saturated carbocycles. The van der Waals surface area contributed by atoms with Crippen LogP contribution in [-0.2, 0) is 36.9 Å². The van der Waals surface area contributed by atoms with Gasteiger partial charge in [0.2, 0.25) is 0 Å². The molecular weight excluding hydrogens is 926 g/mol. The molecule has 7 rings (SSSR count). The van der Waals surface area contributed by atoms with Crippen molar-refractivity contribution < 1.29 is 147 Å². The van der Waals surface area contributed by atoms with Crippen LogP contribution in [0.1, 0.15) is 5.56 Å². The van der Waals surface area contributed by atoms with Crippen LogP contribution < -0.4 is 104 Å². The zero-order chi connectivity index (χ0) is 43.9. The number of anilines is 2. The quantitative estimate of drug-likeness (QED) is 0.0662. The molecule has 0 bridgehead atoms. The molecule has 4 N–H and O–H groups in total. The minimum Gasteiger partial charge on any atom is -0.744 e. The second-order valence-corrected chi connectivity index (χ2v) is 17.0. The summed E-state index contributed by atoms with van der Waals surface area (Å²) in [6.45, 7) is -0.0698. The van der Waals surface area contributed by atoms with Gasteiger partial charge in [-0.2, -0.15) is 10.2 Å². The molecule has 7 aromatic carbocycles. The Kier molecular flexibility index (Phi) is 17.3. The molecule has 0 saturated heterocycles. The van der Waals surface area contributed by atoms with Crippen molar-refractivity contribution in [2.24, 2.45) is 20.5 Å². The minimum absolute atomic E-state index is 0. The van der Waals surface area contributed by atoms with Crippen LogP contribution in [0.4, 0.5) is 33.2 Å². The van der Waals surface area contributed by atoms with Crippen molar-refractivity contribution in [3.05, 3.63) is 115 Å². The number of rotatable bonds is 11. The van der Waals surface area contributed by atoms with Crippen molar-refractivity contribution in [3.63, 3.8) is 0 Å². The van der Waals surface area contributed by atoms with E-state index in [9.17, 15) is 53.9 Å². The summed E-state index contributed by atoms with van der Waals surface area (Å²) in [5, 5.41) is 43.0. The fraction of sp³-hybridized carbons (Fsp3) is 0.0513. The predicted octanol–water partition coefficient (Wildman–Crippen LogP) is -1.37. The molecule has 0 fully saturated rings. The van der Waals surface area contributed by atoms with E-state index in [1.165, 1.54) is 67.8 Å². The van der Waals surface area contributed by atoms with E-state index in [0.717, 1.165) is 24.3 Å². The Hall–Kier alpha value is -4.08. The molecule has 0 aliphatic rings. The molecule has 0 aliphatic heterocycles. The number of hydrogen-bond acceptors (Lipinski definition) is 17. The van der Waals surface area contributed by atoms with Crippen molar-refractivity contribution in [3.8, 4) is 17.2 Å². The molecule has 0 heterocycles. The molecule has 2 amide bonds. The first kappa shape index (κ1) is 52.5. The number of aromatic hydroxyl groups is 2. The zero-order valence-corrected chi connectivity index (χ0v) is 42.4. The predicted molar refractivity (Wildman–Crippen MR) is 217 cm³/mol. The third kappa shape index (κ3) is 11.5. The molecule has 0 atom stereocenters. The van der Waals surface area contributed by atoms with E-state index in [0.29, 0.717) is 11.3 Å². The molecule has 25 heteroatoms. The number of methoxy groups -OCH3 is 1. The summed E-state index contributed by atoms with van der Waals surface area (Å²) in [5.41, 5.74) is -0.605. The summed E-state index contributed by atoms with van der Waals surface area (Å²) in [6.07, 6.45) is 0. The van der Waals surface area contributed by atoms with E-state index in [4.69, 9.17) is 4.74 Å². The number of fused-ring (bicyclic) bond motifs is 3. The van der Waals surface area contributed by atoms with Gasteiger partial charge in [-0.25, -0.2) is 30.0 Å². The number of carbonyl (C=O) groups excluding carboxylic acids is 1. The Labute approximate surface area is 431 Å². The Bertz CT molecular complexity index is 3380. The smallest absolute Gasteiger partial charge is 0.744 e. The zero-order valence-electron chi connectivity index (χ0n) is 34.0. The van der Waals surface area contributed by atoms with Crippen LogP contribution in [0, 0.1) is 0 Å². The molecule has 0 radical (unpaired) electrons. The van der Waals surface area contributed by atoms with E-state index < -0.39 is 73.9 Å². The Balaban J connectivity index is 0.00000299. The van der Waals surface area contributed by atoms with Gasteiger partial charge in [0.15, 0.2) is 11.5 Å². The second kappa shape index (κ2) is 21.0. The third-order valence-corrected chi connectivity index (χ3v) is 11.7. The molecule has 7 aromatic rings. The summed E-state index contributed by atoms with van der Waals surface area (Å²) in [4.78, 5) is 10.7. The summed E-state index contributed by atoms with van der Waals surface area (Å²) in [6, 6.07) is 23.7. The van der Waals surface area contributed by atoms with Crippen LogP contribution >= 0.6 is 0 Å². The molecule has 19 nitrogen and oxygen atoms in total. The van der Waals surface area contributed by atoms with Gasteiger partial charge in [0.25, 0.3) is 0 Å². The SMILES string of the molecule is COc1ccccc1CN=Nc1c(S(=O)(=O)[O-])cc2cc(NC(=O)Nc3ccc4c(O)c(N=Nc5ccc(S(=O)(=O)[O-])c6ccccc56)c(S(=O)(=O)[O-])cc4c3)ccc2c1O.[Na+].[Na+].[Na+]. The van der Waals surface area contributed by atoms with Gasteiger partial charge in [0, 0.05) is 38.5 Å². The number of azo groups is 2. The Morgan fingerprint density at radius 1 is 0.578 bits per heavy atom. The second-order valence-electron chi connectivity index (χ2n) is 13.0. The van der Waals surface area contributed by atoms with Gasteiger partial charge in [0.1, 0.15) is 47.5 Å². The minimum atomic E-state index is -5.33. The average Bonchev–Trinajstić information content (AvgIpc) is 3.19. The molecule has 0 unspecified atom stereocenters. The summed E-state index contributed by atoms with van der Waals surface area (Å²) in [7, 11) is -14.0. The molecular formula is C39H27N6Na3O13S3. The van der Waals surface area contributed by atoms with Gasteiger partial charge in [-0.15, -0.1) is 10.2 Å². The van der Waals surface area contributed by atoms with Crippen LogP contribution in [0.25, 0.3) is 32.3 Å². The fourth-order valence-electron chi connectivity index (χ4n) is 6.41. The average molecular weight is 953 g/mol. The number of phenols is 2. The normalized spacial score (nSPS) is 11.9. The maximum atomic E-state index is 13.1. The Morgan fingerprint density at radius 2 is 1.06 bits per heavy atom. The van der Waals surface area contributed by atoms with Crippen LogP contribution in [0.5, 0.6) is 17.2 Å². The monoisotopic (exact) mass is 952 g/mol. The summed E-state index contributed by atoms with van der Waals surface area (Å²) >= 11 is 0. The van der Waals surface area contributed by atoms with Crippen LogP contribution in [-0.4, -0.2) is 62.3 Å². The van der Waals surface area contributed by atoms with Gasteiger partial charge in [-0.3, -0.25) is 0 Å². The number of phenolic OH excluding ortho intramolecular Hbond substituents is 2. The van der Waals surface area contributed by atoms with Crippen molar-refractivity contribution in [1.29, 1.82) is 0 Å². The number of amides is 2. The van der Waals surface area contributed by atoms with Gasteiger partial charge < -0.3 is 39.2 Å². The molecule has 64 heavy (non-hydrogen) atoms. The van der Waals surface area contributed by atoms with Crippen molar-refractivity contribution >= 4 is 97.1 Å². The maximum absolute atomic E-state index is 13.1. The topological polar surface area (TPSA) is 312 Å². The van der Waals surface area contributed by atoms with E-state index in [1.807, 2.05) is 0 Å². The maximum Gasteiger partial charge on any atom is 1.00 e. The largest absolute Gasteiger partial charge is 1.00 e. The van der Waals surface area contributed by atoms with Gasteiger partial charge in [0.05, 0.1) is 34.0 Å². The number of para-hydroxylation sites is 1. The first-order chi connectivity index (χ1) is 28.8. The number of benzene rings is 7. The first-order valence-corrected chi connectivity index (χ1v) is 21.5. The number of nitrogens with zero attached hydrogens (tertiary/aromatic N) is 4. The van der Waals surface area contributed by atoms with Crippen LogP contribution in [0.15, 0.2) is 144 Å². The standard InChI is InChI=1S/C39H30N6O13S3.3Na/c1-58-31-9-5-2-6-21(31)20-40-44-35-33(60(52,53)54)18-22-16-24(10-12-26(22)37(35)46)41-39(48)42-25-11-13-27-23(17-25)19-34(61(55,56)57)36(38(27)47)45-43-30-14-15-32(59(49,50)51)29-8-4-3-7-28(29)30;;;/h2-19,46-47H,20H2,1H3,(H2,41,42,48)(H,49,50,51)(H,52,53,54)(H,55,56,57);;;/q;3*+1/p-3. The molecule has 312 valence electrons. The summed E-state index contributed by atoms with van der Waals surface area (Å²) < 4.78 is 115. The number of hydrogen-bond donors (Lipinski definition) is 4. The number of carbonyl (C=O) groups is 1. The van der Waals surface area contributed by atoms with Gasteiger partial charge >= 0.3 is 94.7 Å². The van der Waals surface area contributed by atoms with E-state index in [-0.39, 0.29) is 145 Å². The molecule has 0 spiro atoms. The molecule has 0 aromatic heterocycles. The number of nitrogens with one attached hydrogen (secondary N) is 2. The van der Waals surface area contributed by atoms with Crippen molar-refractivity contribution in [2.45, 2.75) is 21.2 Å². The third-order valence-electron chi connectivity index (χ3n) is 9.15. The van der Waals surface area contributed by atoms with Crippen LogP contribution in [0.3, 0.4) is 0 Å². The Morgan fingerprint density at radius 3 is 1.58 bits per heavy atom. The summed E-state index contributed by atoms with van der Waals surface area (Å²) in [5.74, 6) is -0.936. The van der Waals surface area contributed by atoms with E-state index in [2.05, 4.69) is 31.1 Å². The van der Waals surface area contributed by atoms with Crippen molar-refractivity contribution in [1.82, 2.24) is 0 Å².